The summed E-state index contributed by atoms with van der Waals surface area (Å²) in [5.41, 5.74) is 0.694. The number of carbonyl (C=O) groups is 2. The molecule has 6 heteroatoms. The number of Topliss-reactive ketones (excluding diaryl/α,β-unsaturated/α-hetero) is 1. The van der Waals surface area contributed by atoms with Crippen molar-refractivity contribution in [2.75, 3.05) is 32.8 Å². The molecule has 2 fully saturated rings. The van der Waals surface area contributed by atoms with Crippen molar-refractivity contribution < 1.29 is 19.1 Å². The van der Waals surface area contributed by atoms with Crippen LogP contribution >= 0.6 is 0 Å². The Bertz CT molecular complexity index is 735. The molecule has 0 atom stereocenters. The predicted octanol–water partition coefficient (Wildman–Crippen LogP) is 3.58. The van der Waals surface area contributed by atoms with Crippen LogP contribution in [0.4, 0.5) is 0 Å². The number of ketones is 1. The Morgan fingerprint density at radius 1 is 0.900 bits per heavy atom. The Balaban J connectivity index is 1.23. The van der Waals surface area contributed by atoms with Gasteiger partial charge in [-0.15, -0.1) is 0 Å². The van der Waals surface area contributed by atoms with Crippen LogP contribution in [-0.4, -0.2) is 55.5 Å². The molecule has 6 nitrogen and oxygen atoms in total. The molecule has 30 heavy (non-hydrogen) atoms. The zero-order chi connectivity index (χ0) is 20.8. The lowest BCUT2D eigenvalue weighted by molar-refractivity contribution is -0.123. The number of nitrogens with one attached hydrogen (secondary N) is 1. The van der Waals surface area contributed by atoms with Crippen LogP contribution in [0.25, 0.3) is 0 Å². The van der Waals surface area contributed by atoms with Gasteiger partial charge < -0.3 is 14.8 Å². The van der Waals surface area contributed by atoms with Crippen LogP contribution in [0.15, 0.2) is 18.2 Å². The maximum Gasteiger partial charge on any atom is 0.234 e. The largest absolute Gasteiger partial charge is 0.486 e. The van der Waals surface area contributed by atoms with Gasteiger partial charge in [0, 0.05) is 17.5 Å². The number of hydrogen-bond acceptors (Lipinski definition) is 5. The van der Waals surface area contributed by atoms with Crippen LogP contribution < -0.4 is 14.8 Å². The summed E-state index contributed by atoms with van der Waals surface area (Å²) in [5.74, 6) is 1.69. The second-order valence-electron chi connectivity index (χ2n) is 8.88. The zero-order valence-electron chi connectivity index (χ0n) is 17.9. The Morgan fingerprint density at radius 2 is 1.57 bits per heavy atom. The minimum absolute atomic E-state index is 0.0116. The lowest BCUT2D eigenvalue weighted by atomic mass is 9.88. The molecule has 164 valence electrons. The van der Waals surface area contributed by atoms with Crippen molar-refractivity contribution in [3.63, 3.8) is 0 Å². The second kappa shape index (κ2) is 10.3. The molecule has 1 amide bonds. The number of fused-ring (bicyclic) bond motifs is 1. The molecular weight excluding hydrogens is 380 g/mol. The SMILES string of the molecule is O=C(CN1CCC(C(=O)c2ccc3c(c2)OCCO3)CC1)NC1CCCCCCC1. The van der Waals surface area contributed by atoms with Gasteiger partial charge in [-0.05, 0) is 57.0 Å². The summed E-state index contributed by atoms with van der Waals surface area (Å²) in [6, 6.07) is 5.82. The van der Waals surface area contributed by atoms with Crippen molar-refractivity contribution in [3.05, 3.63) is 23.8 Å². The first-order chi connectivity index (χ1) is 14.7. The van der Waals surface area contributed by atoms with Gasteiger partial charge in [-0.3, -0.25) is 14.5 Å². The smallest absolute Gasteiger partial charge is 0.234 e. The molecule has 2 aliphatic heterocycles. The van der Waals surface area contributed by atoms with E-state index in [0.29, 0.717) is 42.9 Å². The third-order valence-corrected chi connectivity index (χ3v) is 6.62. The van der Waals surface area contributed by atoms with E-state index in [9.17, 15) is 9.59 Å². The zero-order valence-corrected chi connectivity index (χ0v) is 17.9. The predicted molar refractivity (Wildman–Crippen MR) is 115 cm³/mol. The molecule has 0 aromatic heterocycles. The maximum absolute atomic E-state index is 12.9. The normalized spacial score (nSPS) is 21.5. The van der Waals surface area contributed by atoms with Crippen LogP contribution in [0.3, 0.4) is 0 Å². The van der Waals surface area contributed by atoms with Gasteiger partial charge in [-0.2, -0.15) is 0 Å². The second-order valence-corrected chi connectivity index (χ2v) is 8.88. The van der Waals surface area contributed by atoms with Crippen LogP contribution in [0, 0.1) is 5.92 Å². The van der Waals surface area contributed by atoms with Gasteiger partial charge in [0.15, 0.2) is 17.3 Å². The van der Waals surface area contributed by atoms with E-state index in [0.717, 1.165) is 38.8 Å². The molecular formula is C24H34N2O4. The summed E-state index contributed by atoms with van der Waals surface area (Å²) < 4.78 is 11.2. The number of benzene rings is 1. The number of hydrogen-bond donors (Lipinski definition) is 1. The van der Waals surface area contributed by atoms with Crippen LogP contribution in [0.2, 0.25) is 0 Å². The molecule has 4 rings (SSSR count). The molecule has 0 unspecified atom stereocenters. The number of piperidine rings is 1. The molecule has 1 aliphatic carbocycles. The standard InChI is InChI=1S/C24H34N2O4/c27-23(25-20-6-4-2-1-3-5-7-20)17-26-12-10-18(11-13-26)24(28)19-8-9-21-22(16-19)30-15-14-29-21/h8-9,16,18,20H,1-7,10-15,17H2,(H,25,27). The highest BCUT2D eigenvalue weighted by Crippen LogP contribution is 2.32. The van der Waals surface area contributed by atoms with E-state index in [2.05, 4.69) is 10.2 Å². The van der Waals surface area contributed by atoms with Crippen LogP contribution in [0.1, 0.15) is 68.1 Å². The summed E-state index contributed by atoms with van der Waals surface area (Å²) in [4.78, 5) is 27.6. The van der Waals surface area contributed by atoms with E-state index in [-0.39, 0.29) is 17.6 Å². The van der Waals surface area contributed by atoms with Crippen molar-refractivity contribution in [1.82, 2.24) is 10.2 Å². The van der Waals surface area contributed by atoms with Gasteiger partial charge in [-0.1, -0.05) is 32.1 Å². The van der Waals surface area contributed by atoms with Crippen molar-refractivity contribution >= 4 is 11.7 Å². The number of rotatable bonds is 5. The Labute approximate surface area is 179 Å². The Morgan fingerprint density at radius 3 is 2.30 bits per heavy atom. The Hall–Kier alpha value is -2.08. The average Bonchev–Trinajstić information content (AvgIpc) is 2.75. The van der Waals surface area contributed by atoms with Gasteiger partial charge in [0.25, 0.3) is 0 Å². The van der Waals surface area contributed by atoms with Gasteiger partial charge in [0.1, 0.15) is 13.2 Å². The number of likely N-dealkylation sites (tertiary alicyclic amines) is 1. The minimum atomic E-state index is 0.0116. The maximum atomic E-state index is 12.9. The van der Waals surface area contributed by atoms with Gasteiger partial charge in [-0.25, -0.2) is 0 Å². The van der Waals surface area contributed by atoms with Crippen LogP contribution in [-0.2, 0) is 4.79 Å². The first-order valence-corrected chi connectivity index (χ1v) is 11.6. The molecule has 0 bridgehead atoms. The summed E-state index contributed by atoms with van der Waals surface area (Å²) in [6.45, 7) is 3.10. The van der Waals surface area contributed by atoms with E-state index in [1.54, 1.807) is 0 Å². The molecule has 0 spiro atoms. The van der Waals surface area contributed by atoms with Crippen molar-refractivity contribution in [2.24, 2.45) is 5.92 Å². The highest BCUT2D eigenvalue weighted by atomic mass is 16.6. The first-order valence-electron chi connectivity index (χ1n) is 11.6. The lowest BCUT2D eigenvalue weighted by Crippen LogP contribution is -2.45. The summed E-state index contributed by atoms with van der Waals surface area (Å²) >= 11 is 0. The molecule has 1 N–H and O–H groups in total. The van der Waals surface area contributed by atoms with Gasteiger partial charge in [0.2, 0.25) is 5.91 Å². The number of carbonyl (C=O) groups excluding carboxylic acids is 2. The summed E-state index contributed by atoms with van der Waals surface area (Å²) in [5, 5.41) is 3.25. The van der Waals surface area contributed by atoms with Crippen LogP contribution in [0.5, 0.6) is 11.5 Å². The van der Waals surface area contributed by atoms with Gasteiger partial charge >= 0.3 is 0 Å². The van der Waals surface area contributed by atoms with Crippen molar-refractivity contribution in [2.45, 2.75) is 63.8 Å². The first kappa shape index (κ1) is 21.2. The third-order valence-electron chi connectivity index (χ3n) is 6.62. The topological polar surface area (TPSA) is 67.9 Å². The van der Waals surface area contributed by atoms with E-state index < -0.39 is 0 Å². The van der Waals surface area contributed by atoms with E-state index in [1.165, 1.54) is 32.1 Å². The summed E-state index contributed by atoms with van der Waals surface area (Å²) in [6.07, 6.45) is 10.2. The lowest BCUT2D eigenvalue weighted by Gasteiger charge is -2.31. The number of amides is 1. The fourth-order valence-electron chi connectivity index (χ4n) is 4.86. The highest BCUT2D eigenvalue weighted by molar-refractivity contribution is 5.98. The molecule has 0 radical (unpaired) electrons. The van der Waals surface area contributed by atoms with E-state index in [4.69, 9.17) is 9.47 Å². The average molecular weight is 415 g/mol. The fourth-order valence-corrected chi connectivity index (χ4v) is 4.86. The summed E-state index contributed by atoms with van der Waals surface area (Å²) in [7, 11) is 0. The molecule has 1 aromatic rings. The quantitative estimate of drug-likeness (QED) is 0.746. The Kier molecular flexibility index (Phi) is 7.26. The van der Waals surface area contributed by atoms with E-state index in [1.807, 2.05) is 18.2 Å². The molecule has 3 aliphatic rings. The monoisotopic (exact) mass is 414 g/mol. The highest BCUT2D eigenvalue weighted by Gasteiger charge is 2.28. The minimum Gasteiger partial charge on any atom is -0.486 e. The fraction of sp³-hybridized carbons (Fsp3) is 0.667. The van der Waals surface area contributed by atoms with Crippen molar-refractivity contribution in [3.8, 4) is 11.5 Å². The molecule has 1 saturated heterocycles. The number of ether oxygens (including phenoxy) is 2. The van der Waals surface area contributed by atoms with Crippen molar-refractivity contribution in [1.29, 1.82) is 0 Å². The molecule has 1 aromatic carbocycles. The van der Waals surface area contributed by atoms with E-state index >= 15 is 0 Å². The third kappa shape index (κ3) is 5.54. The van der Waals surface area contributed by atoms with Gasteiger partial charge in [0.05, 0.1) is 6.54 Å². The molecule has 1 saturated carbocycles. The molecule has 2 heterocycles. The number of nitrogens with zero attached hydrogens (tertiary/aromatic N) is 1.